The standard InChI is InChI=1S/C28H26N4O4/c1-35-18-10-11-22-20(16-18)21(17-29-22)26(28(33)34)31-12-14-32(15-13-31)27-19-6-2-4-8-24(19)36-25-9-5-3-7-23(25)30-27/h2-11,16-17,26,29H,12-15H2,1H3,(H,33,34). The van der Waals surface area contributed by atoms with Crippen molar-refractivity contribution in [1.82, 2.24) is 14.8 Å². The average Bonchev–Trinajstić information content (AvgIpc) is 3.23. The van der Waals surface area contributed by atoms with Crippen LogP contribution in [0.15, 0.2) is 77.9 Å². The number of carboxylic acids is 1. The lowest BCUT2D eigenvalue weighted by Crippen LogP contribution is -2.51. The van der Waals surface area contributed by atoms with E-state index in [4.69, 9.17) is 14.5 Å². The lowest BCUT2D eigenvalue weighted by molar-refractivity contribution is -0.144. The fourth-order valence-electron chi connectivity index (χ4n) is 5.06. The van der Waals surface area contributed by atoms with E-state index in [0.717, 1.165) is 45.1 Å². The first kappa shape index (κ1) is 22.2. The molecule has 0 bridgehead atoms. The van der Waals surface area contributed by atoms with Gasteiger partial charge in [0.1, 0.15) is 29.1 Å². The quantitative estimate of drug-likeness (QED) is 0.434. The number of aromatic amines is 1. The Morgan fingerprint density at radius 3 is 2.56 bits per heavy atom. The molecule has 182 valence electrons. The third kappa shape index (κ3) is 3.85. The summed E-state index contributed by atoms with van der Waals surface area (Å²) in [6.45, 7) is 2.45. The molecule has 2 N–H and O–H groups in total. The van der Waals surface area contributed by atoms with Crippen LogP contribution in [0.4, 0.5) is 5.69 Å². The summed E-state index contributed by atoms with van der Waals surface area (Å²) in [5.41, 5.74) is 3.34. The summed E-state index contributed by atoms with van der Waals surface area (Å²) >= 11 is 0. The molecule has 1 atom stereocenters. The van der Waals surface area contributed by atoms with E-state index in [1.807, 2.05) is 71.6 Å². The molecule has 1 saturated heterocycles. The number of nitrogens with one attached hydrogen (secondary N) is 1. The van der Waals surface area contributed by atoms with Crippen LogP contribution in [0.5, 0.6) is 17.2 Å². The summed E-state index contributed by atoms with van der Waals surface area (Å²) in [5.74, 6) is 2.16. The zero-order valence-electron chi connectivity index (χ0n) is 19.8. The second-order valence-corrected chi connectivity index (χ2v) is 8.92. The zero-order chi connectivity index (χ0) is 24.6. The van der Waals surface area contributed by atoms with E-state index >= 15 is 0 Å². The first-order chi connectivity index (χ1) is 17.6. The minimum absolute atomic E-state index is 0.581. The lowest BCUT2D eigenvalue weighted by atomic mass is 10.0. The van der Waals surface area contributed by atoms with Gasteiger partial charge in [0, 0.05) is 48.8 Å². The van der Waals surface area contributed by atoms with Crippen molar-refractivity contribution >= 4 is 28.4 Å². The van der Waals surface area contributed by atoms with Crippen molar-refractivity contribution in [2.24, 2.45) is 4.99 Å². The minimum Gasteiger partial charge on any atom is -0.497 e. The van der Waals surface area contributed by atoms with Gasteiger partial charge in [-0.2, -0.15) is 0 Å². The molecule has 0 radical (unpaired) electrons. The molecule has 3 aromatic carbocycles. The van der Waals surface area contributed by atoms with Crippen LogP contribution in [0.1, 0.15) is 17.2 Å². The molecule has 8 heteroatoms. The highest BCUT2D eigenvalue weighted by atomic mass is 16.5. The van der Waals surface area contributed by atoms with Crippen LogP contribution in [0.2, 0.25) is 0 Å². The fraction of sp³-hybridized carbons (Fsp3) is 0.214. The molecule has 6 rings (SSSR count). The Morgan fingerprint density at radius 2 is 1.78 bits per heavy atom. The highest BCUT2D eigenvalue weighted by Gasteiger charge is 2.34. The number of carbonyl (C=O) groups is 1. The number of nitrogens with zero attached hydrogens (tertiary/aromatic N) is 3. The van der Waals surface area contributed by atoms with E-state index < -0.39 is 12.0 Å². The number of hydrogen-bond acceptors (Lipinski definition) is 6. The summed E-state index contributed by atoms with van der Waals surface area (Å²) in [4.78, 5) is 24.9. The van der Waals surface area contributed by atoms with Gasteiger partial charge < -0.3 is 24.5 Å². The Labute approximate surface area is 208 Å². The van der Waals surface area contributed by atoms with Gasteiger partial charge in [0.2, 0.25) is 0 Å². The zero-order valence-corrected chi connectivity index (χ0v) is 19.8. The van der Waals surface area contributed by atoms with Crippen LogP contribution in [0, 0.1) is 0 Å². The first-order valence-corrected chi connectivity index (χ1v) is 11.9. The second kappa shape index (κ2) is 9.05. The van der Waals surface area contributed by atoms with E-state index in [0.29, 0.717) is 31.9 Å². The van der Waals surface area contributed by atoms with Crippen LogP contribution < -0.4 is 9.47 Å². The molecule has 1 aromatic heterocycles. The molecule has 1 unspecified atom stereocenters. The number of methoxy groups -OCH3 is 1. The molecule has 0 aliphatic carbocycles. The third-order valence-electron chi connectivity index (χ3n) is 6.87. The van der Waals surface area contributed by atoms with Crippen molar-refractivity contribution in [1.29, 1.82) is 0 Å². The van der Waals surface area contributed by atoms with Crippen molar-refractivity contribution in [3.8, 4) is 17.2 Å². The number of hydrogen-bond donors (Lipinski definition) is 2. The molecule has 2 aliphatic heterocycles. The Hall–Kier alpha value is -4.30. The van der Waals surface area contributed by atoms with Gasteiger partial charge >= 0.3 is 5.97 Å². The number of ether oxygens (including phenoxy) is 2. The largest absolute Gasteiger partial charge is 0.497 e. The number of aliphatic carboxylic acids is 1. The van der Waals surface area contributed by atoms with E-state index in [1.54, 1.807) is 13.3 Å². The first-order valence-electron chi connectivity index (χ1n) is 11.9. The molecule has 3 heterocycles. The number of piperazine rings is 1. The van der Waals surface area contributed by atoms with Gasteiger partial charge in [-0.15, -0.1) is 0 Å². The molecule has 0 amide bonds. The number of amidine groups is 1. The van der Waals surface area contributed by atoms with Crippen LogP contribution in [-0.4, -0.2) is 65.0 Å². The smallest absolute Gasteiger partial charge is 0.325 e. The molecule has 0 saturated carbocycles. The van der Waals surface area contributed by atoms with Crippen molar-refractivity contribution in [3.63, 3.8) is 0 Å². The maximum atomic E-state index is 12.5. The molecular weight excluding hydrogens is 456 g/mol. The summed E-state index contributed by atoms with van der Waals surface area (Å²) in [7, 11) is 1.61. The Bertz CT molecular complexity index is 1470. The van der Waals surface area contributed by atoms with Gasteiger partial charge in [0.05, 0.1) is 12.7 Å². The number of fused-ring (bicyclic) bond motifs is 3. The number of rotatable bonds is 4. The van der Waals surface area contributed by atoms with Crippen LogP contribution in [0.3, 0.4) is 0 Å². The van der Waals surface area contributed by atoms with E-state index in [9.17, 15) is 9.90 Å². The Morgan fingerprint density at radius 1 is 1.03 bits per heavy atom. The highest BCUT2D eigenvalue weighted by Crippen LogP contribution is 2.38. The van der Waals surface area contributed by atoms with Gasteiger partial charge in [0.25, 0.3) is 0 Å². The number of benzene rings is 3. The normalized spacial score (nSPS) is 16.4. The molecule has 4 aromatic rings. The van der Waals surface area contributed by atoms with Crippen molar-refractivity contribution in [3.05, 3.63) is 84.1 Å². The van der Waals surface area contributed by atoms with E-state index in [1.165, 1.54) is 0 Å². The van der Waals surface area contributed by atoms with Crippen molar-refractivity contribution < 1.29 is 19.4 Å². The Balaban J connectivity index is 1.29. The number of carboxylic acid groups (broad SMARTS) is 1. The summed E-state index contributed by atoms with van der Waals surface area (Å²) in [6.07, 6.45) is 1.80. The lowest BCUT2D eigenvalue weighted by Gasteiger charge is -2.39. The molecule has 36 heavy (non-hydrogen) atoms. The number of para-hydroxylation sites is 3. The van der Waals surface area contributed by atoms with Crippen LogP contribution >= 0.6 is 0 Å². The predicted octanol–water partition coefficient (Wildman–Crippen LogP) is 4.80. The van der Waals surface area contributed by atoms with Gasteiger partial charge in [-0.25, -0.2) is 4.99 Å². The number of aromatic nitrogens is 1. The molecule has 0 spiro atoms. The number of aliphatic imine (C=N–C) groups is 1. The Kier molecular flexibility index (Phi) is 5.58. The number of H-pyrrole nitrogens is 1. The SMILES string of the molecule is COc1ccc2[nH]cc(C(C(=O)O)N3CCN(C4=Nc5ccccc5Oc5ccccc54)CC3)c2c1. The van der Waals surface area contributed by atoms with Crippen molar-refractivity contribution in [2.45, 2.75) is 6.04 Å². The fourth-order valence-corrected chi connectivity index (χ4v) is 5.06. The van der Waals surface area contributed by atoms with Crippen LogP contribution in [0.25, 0.3) is 10.9 Å². The molecular formula is C28H26N4O4. The topological polar surface area (TPSA) is 90.4 Å². The average molecular weight is 483 g/mol. The minimum atomic E-state index is -0.869. The van der Waals surface area contributed by atoms with Crippen molar-refractivity contribution in [2.75, 3.05) is 33.3 Å². The predicted molar refractivity (Wildman–Crippen MR) is 138 cm³/mol. The van der Waals surface area contributed by atoms with Gasteiger partial charge in [0.15, 0.2) is 5.75 Å². The summed E-state index contributed by atoms with van der Waals surface area (Å²) in [5, 5.41) is 11.1. The molecule has 2 aliphatic rings. The summed E-state index contributed by atoms with van der Waals surface area (Å²) in [6, 6.07) is 20.6. The summed E-state index contributed by atoms with van der Waals surface area (Å²) < 4.78 is 11.6. The maximum absolute atomic E-state index is 12.5. The van der Waals surface area contributed by atoms with Gasteiger partial charge in [-0.05, 0) is 42.5 Å². The monoisotopic (exact) mass is 482 g/mol. The van der Waals surface area contributed by atoms with E-state index in [2.05, 4.69) is 9.88 Å². The molecule has 8 nitrogen and oxygen atoms in total. The molecule has 1 fully saturated rings. The highest BCUT2D eigenvalue weighted by molar-refractivity contribution is 6.03. The van der Waals surface area contributed by atoms with Crippen LogP contribution in [-0.2, 0) is 4.79 Å². The third-order valence-corrected chi connectivity index (χ3v) is 6.87. The van der Waals surface area contributed by atoms with Gasteiger partial charge in [-0.3, -0.25) is 9.69 Å². The van der Waals surface area contributed by atoms with E-state index in [-0.39, 0.29) is 0 Å². The van der Waals surface area contributed by atoms with Gasteiger partial charge in [-0.1, -0.05) is 24.3 Å². The maximum Gasteiger partial charge on any atom is 0.325 e. The second-order valence-electron chi connectivity index (χ2n) is 8.92.